The van der Waals surface area contributed by atoms with Gasteiger partial charge in [0.05, 0.1) is 27.3 Å². The van der Waals surface area contributed by atoms with Crippen LogP contribution in [0.15, 0.2) is 42.5 Å². The second kappa shape index (κ2) is 7.84. The number of benzene rings is 2. The molecule has 2 aromatic rings. The zero-order valence-electron chi connectivity index (χ0n) is 11.9. The SMILES string of the molecule is CN(CC(=O)Nc1ccccc1Cl)Cc1cccc(Cl)c1Cl. The normalized spacial score (nSPS) is 10.8. The van der Waals surface area contributed by atoms with Crippen LogP contribution in [0.2, 0.25) is 15.1 Å². The Morgan fingerprint density at radius 1 is 1.05 bits per heavy atom. The molecule has 0 aliphatic carbocycles. The molecule has 2 aromatic carbocycles. The lowest BCUT2D eigenvalue weighted by atomic mass is 10.2. The number of amides is 1. The number of likely N-dealkylation sites (N-methyl/N-ethyl adjacent to an activating group) is 1. The molecule has 0 saturated heterocycles. The van der Waals surface area contributed by atoms with E-state index in [9.17, 15) is 4.79 Å². The molecule has 3 nitrogen and oxygen atoms in total. The topological polar surface area (TPSA) is 32.3 Å². The highest BCUT2D eigenvalue weighted by Crippen LogP contribution is 2.26. The minimum absolute atomic E-state index is 0.145. The molecule has 0 radical (unpaired) electrons. The molecule has 0 aromatic heterocycles. The Hall–Kier alpha value is -1.26. The molecule has 0 bridgehead atoms. The van der Waals surface area contributed by atoms with E-state index in [1.165, 1.54) is 0 Å². The van der Waals surface area contributed by atoms with E-state index in [1.807, 2.05) is 36.2 Å². The third-order valence-corrected chi connectivity index (χ3v) is 4.22. The summed E-state index contributed by atoms with van der Waals surface area (Å²) in [6.45, 7) is 0.739. The summed E-state index contributed by atoms with van der Waals surface area (Å²) in [6, 6.07) is 12.6. The van der Waals surface area contributed by atoms with Gasteiger partial charge in [0, 0.05) is 6.54 Å². The first kappa shape index (κ1) is 17.1. The van der Waals surface area contributed by atoms with E-state index in [1.54, 1.807) is 18.2 Å². The minimum Gasteiger partial charge on any atom is -0.324 e. The number of rotatable bonds is 5. The molecule has 2 rings (SSSR count). The Morgan fingerprint density at radius 3 is 2.45 bits per heavy atom. The van der Waals surface area contributed by atoms with Gasteiger partial charge in [-0.1, -0.05) is 59.1 Å². The molecule has 0 aliphatic rings. The van der Waals surface area contributed by atoms with Gasteiger partial charge in [-0.3, -0.25) is 9.69 Å². The number of carbonyl (C=O) groups is 1. The average molecular weight is 358 g/mol. The van der Waals surface area contributed by atoms with Crippen molar-refractivity contribution in [3.05, 3.63) is 63.1 Å². The maximum absolute atomic E-state index is 12.0. The fourth-order valence-electron chi connectivity index (χ4n) is 2.01. The first-order chi connectivity index (χ1) is 10.5. The van der Waals surface area contributed by atoms with Crippen LogP contribution in [0.3, 0.4) is 0 Å². The molecule has 6 heteroatoms. The van der Waals surface area contributed by atoms with Crippen LogP contribution < -0.4 is 5.32 Å². The van der Waals surface area contributed by atoms with E-state index in [0.717, 1.165) is 5.56 Å². The molecule has 1 N–H and O–H groups in total. The van der Waals surface area contributed by atoms with Crippen molar-refractivity contribution in [3.63, 3.8) is 0 Å². The molecule has 22 heavy (non-hydrogen) atoms. The van der Waals surface area contributed by atoms with Gasteiger partial charge in [-0.05, 0) is 30.8 Å². The van der Waals surface area contributed by atoms with Gasteiger partial charge in [0.1, 0.15) is 0 Å². The minimum atomic E-state index is -0.145. The number of halogens is 3. The van der Waals surface area contributed by atoms with Crippen LogP contribution in [0, 0.1) is 0 Å². The quantitative estimate of drug-likeness (QED) is 0.840. The number of para-hydroxylation sites is 1. The molecule has 0 saturated carbocycles. The monoisotopic (exact) mass is 356 g/mol. The maximum Gasteiger partial charge on any atom is 0.238 e. The van der Waals surface area contributed by atoms with Gasteiger partial charge in [0.2, 0.25) is 5.91 Å². The van der Waals surface area contributed by atoms with Crippen molar-refractivity contribution in [1.29, 1.82) is 0 Å². The standard InChI is InChI=1S/C16H15Cl3N2O/c1-21(9-11-5-4-7-13(18)16(11)19)10-15(22)20-14-8-3-2-6-12(14)17/h2-8H,9-10H2,1H3,(H,20,22). The predicted octanol–water partition coefficient (Wildman–Crippen LogP) is 4.72. The van der Waals surface area contributed by atoms with Gasteiger partial charge in [-0.25, -0.2) is 0 Å². The maximum atomic E-state index is 12.0. The zero-order chi connectivity index (χ0) is 16.1. The molecular formula is C16H15Cl3N2O. The molecule has 116 valence electrons. The number of carbonyl (C=O) groups excluding carboxylic acids is 1. The molecule has 0 fully saturated rings. The van der Waals surface area contributed by atoms with Crippen molar-refractivity contribution >= 4 is 46.4 Å². The van der Waals surface area contributed by atoms with Gasteiger partial charge in [-0.15, -0.1) is 0 Å². The number of hydrogen-bond acceptors (Lipinski definition) is 2. The third kappa shape index (κ3) is 4.62. The Morgan fingerprint density at radius 2 is 1.73 bits per heavy atom. The number of anilines is 1. The summed E-state index contributed by atoms with van der Waals surface area (Å²) >= 11 is 18.1. The summed E-state index contributed by atoms with van der Waals surface area (Å²) in [5, 5.41) is 4.32. The van der Waals surface area contributed by atoms with Crippen molar-refractivity contribution in [2.24, 2.45) is 0 Å². The average Bonchev–Trinajstić information content (AvgIpc) is 2.46. The van der Waals surface area contributed by atoms with Crippen molar-refractivity contribution in [2.45, 2.75) is 6.54 Å². The van der Waals surface area contributed by atoms with Crippen LogP contribution in [0.5, 0.6) is 0 Å². The summed E-state index contributed by atoms with van der Waals surface area (Å²) in [6.07, 6.45) is 0. The Bertz CT molecular complexity index is 676. The number of hydrogen-bond donors (Lipinski definition) is 1. The smallest absolute Gasteiger partial charge is 0.238 e. The molecular weight excluding hydrogens is 343 g/mol. The van der Waals surface area contributed by atoms with Gasteiger partial charge < -0.3 is 5.32 Å². The van der Waals surface area contributed by atoms with Gasteiger partial charge in [0.15, 0.2) is 0 Å². The lowest BCUT2D eigenvalue weighted by Gasteiger charge is -2.17. The Kier molecular flexibility index (Phi) is 6.09. The molecule has 1 amide bonds. The summed E-state index contributed by atoms with van der Waals surface area (Å²) in [4.78, 5) is 13.9. The van der Waals surface area contributed by atoms with Gasteiger partial charge in [0.25, 0.3) is 0 Å². The molecule has 0 unspecified atom stereocenters. The van der Waals surface area contributed by atoms with Crippen molar-refractivity contribution < 1.29 is 4.79 Å². The van der Waals surface area contributed by atoms with Gasteiger partial charge >= 0.3 is 0 Å². The summed E-state index contributed by atoms with van der Waals surface area (Å²) in [7, 11) is 1.84. The van der Waals surface area contributed by atoms with Crippen LogP contribution in [-0.2, 0) is 11.3 Å². The second-order valence-corrected chi connectivity index (χ2v) is 6.11. The second-order valence-electron chi connectivity index (χ2n) is 4.91. The first-order valence-corrected chi connectivity index (χ1v) is 7.76. The molecule has 0 atom stereocenters. The van der Waals surface area contributed by atoms with Gasteiger partial charge in [-0.2, -0.15) is 0 Å². The lowest BCUT2D eigenvalue weighted by molar-refractivity contribution is -0.117. The van der Waals surface area contributed by atoms with Crippen LogP contribution in [-0.4, -0.2) is 24.4 Å². The lowest BCUT2D eigenvalue weighted by Crippen LogP contribution is -2.30. The van der Waals surface area contributed by atoms with Crippen LogP contribution >= 0.6 is 34.8 Å². The largest absolute Gasteiger partial charge is 0.324 e. The van der Waals surface area contributed by atoms with Crippen molar-refractivity contribution in [1.82, 2.24) is 4.90 Å². The van der Waals surface area contributed by atoms with Crippen molar-refractivity contribution in [3.8, 4) is 0 Å². The molecule has 0 spiro atoms. The zero-order valence-corrected chi connectivity index (χ0v) is 14.2. The van der Waals surface area contributed by atoms with E-state index in [-0.39, 0.29) is 12.5 Å². The van der Waals surface area contributed by atoms with Crippen molar-refractivity contribution in [2.75, 3.05) is 18.9 Å². The first-order valence-electron chi connectivity index (χ1n) is 6.63. The summed E-state index contributed by atoms with van der Waals surface area (Å²) in [5.41, 5.74) is 1.48. The fourth-order valence-corrected chi connectivity index (χ4v) is 2.58. The van der Waals surface area contributed by atoms with Crippen LogP contribution in [0.4, 0.5) is 5.69 Å². The fraction of sp³-hybridized carbons (Fsp3) is 0.188. The van der Waals surface area contributed by atoms with E-state index < -0.39 is 0 Å². The highest BCUT2D eigenvalue weighted by Gasteiger charge is 2.11. The molecule has 0 aliphatic heterocycles. The third-order valence-electron chi connectivity index (χ3n) is 3.03. The van der Waals surface area contributed by atoms with E-state index in [4.69, 9.17) is 34.8 Å². The van der Waals surface area contributed by atoms with Crippen LogP contribution in [0.1, 0.15) is 5.56 Å². The summed E-state index contributed by atoms with van der Waals surface area (Å²) in [5.74, 6) is -0.145. The van der Waals surface area contributed by atoms with E-state index in [2.05, 4.69) is 5.32 Å². The van der Waals surface area contributed by atoms with E-state index in [0.29, 0.717) is 27.3 Å². The molecule has 0 heterocycles. The highest BCUT2D eigenvalue weighted by molar-refractivity contribution is 6.42. The predicted molar refractivity (Wildman–Crippen MR) is 92.9 cm³/mol. The Labute approximate surface area is 144 Å². The number of nitrogens with one attached hydrogen (secondary N) is 1. The Balaban J connectivity index is 1.94. The highest BCUT2D eigenvalue weighted by atomic mass is 35.5. The number of nitrogens with zero attached hydrogens (tertiary/aromatic N) is 1. The van der Waals surface area contributed by atoms with E-state index >= 15 is 0 Å². The summed E-state index contributed by atoms with van der Waals surface area (Å²) < 4.78 is 0. The van der Waals surface area contributed by atoms with Crippen LogP contribution in [0.25, 0.3) is 0 Å².